The van der Waals surface area contributed by atoms with Crippen molar-refractivity contribution in [2.45, 2.75) is 16.6 Å². The summed E-state index contributed by atoms with van der Waals surface area (Å²) in [5.74, 6) is 0. The van der Waals surface area contributed by atoms with Crippen LogP contribution in [0.2, 0.25) is 0 Å². The molecule has 19 heavy (non-hydrogen) atoms. The first-order valence-corrected chi connectivity index (χ1v) is 9.49. The molecule has 0 aromatic heterocycles. The smallest absolute Gasteiger partial charge is 0.0666 e. The molecule has 0 nitrogen and oxygen atoms in total. The van der Waals surface area contributed by atoms with Crippen molar-refractivity contribution in [1.82, 2.24) is 0 Å². The molecule has 2 aromatic carbocycles. The van der Waals surface area contributed by atoms with Gasteiger partial charge in [-0.05, 0) is 48.1 Å². The second-order valence-electron chi connectivity index (χ2n) is 4.23. The Kier molecular flexibility index (Phi) is 5.58. The van der Waals surface area contributed by atoms with Gasteiger partial charge in [0.15, 0.2) is 0 Å². The van der Waals surface area contributed by atoms with Gasteiger partial charge in [0.05, 0.1) is 4.83 Å². The van der Waals surface area contributed by atoms with Gasteiger partial charge in [-0.1, -0.05) is 66.0 Å². The lowest BCUT2D eigenvalue weighted by atomic mass is 10.0. The number of halogens is 3. The fourth-order valence-corrected chi connectivity index (χ4v) is 4.82. The molecule has 0 heterocycles. The second kappa shape index (κ2) is 6.79. The first kappa shape index (κ1) is 15.6. The van der Waals surface area contributed by atoms with Crippen LogP contribution in [-0.4, -0.2) is 6.26 Å². The fraction of sp³-hybridized carbons (Fsp3) is 0.200. The lowest BCUT2D eigenvalue weighted by molar-refractivity contribution is 1.10. The first-order valence-electron chi connectivity index (χ1n) is 5.77. The molecule has 4 heteroatoms. The van der Waals surface area contributed by atoms with Crippen LogP contribution in [0.5, 0.6) is 0 Å². The van der Waals surface area contributed by atoms with Crippen molar-refractivity contribution in [3.05, 3.63) is 62.0 Å². The SMILES string of the molecule is CSc1ccccc1C(Br)c1cc(Br)c(C)cc1Br. The Morgan fingerprint density at radius 3 is 2.37 bits per heavy atom. The van der Waals surface area contributed by atoms with Gasteiger partial charge in [0, 0.05) is 13.8 Å². The van der Waals surface area contributed by atoms with Crippen molar-refractivity contribution in [2.75, 3.05) is 6.26 Å². The van der Waals surface area contributed by atoms with E-state index in [1.165, 1.54) is 21.6 Å². The largest absolute Gasteiger partial charge is 0.129 e. The summed E-state index contributed by atoms with van der Waals surface area (Å²) in [6.45, 7) is 2.09. The lowest BCUT2D eigenvalue weighted by Crippen LogP contribution is -1.97. The third-order valence-electron chi connectivity index (χ3n) is 2.96. The summed E-state index contributed by atoms with van der Waals surface area (Å²) in [5.41, 5.74) is 3.76. The van der Waals surface area contributed by atoms with Crippen molar-refractivity contribution in [3.63, 3.8) is 0 Å². The van der Waals surface area contributed by atoms with Gasteiger partial charge in [-0.15, -0.1) is 11.8 Å². The second-order valence-corrected chi connectivity index (χ2v) is 7.70. The number of hydrogen-bond acceptors (Lipinski definition) is 1. The van der Waals surface area contributed by atoms with E-state index in [0.29, 0.717) is 0 Å². The maximum absolute atomic E-state index is 3.83. The minimum absolute atomic E-state index is 0.183. The van der Waals surface area contributed by atoms with Crippen LogP contribution < -0.4 is 0 Å². The summed E-state index contributed by atoms with van der Waals surface area (Å²) in [5, 5.41) is 0. The van der Waals surface area contributed by atoms with Crippen LogP contribution in [-0.2, 0) is 0 Å². The van der Waals surface area contributed by atoms with Crippen molar-refractivity contribution >= 4 is 59.6 Å². The number of thioether (sulfide) groups is 1. The van der Waals surface area contributed by atoms with Gasteiger partial charge < -0.3 is 0 Å². The van der Waals surface area contributed by atoms with E-state index in [2.05, 4.69) is 97.4 Å². The molecular formula is C15H13Br3S. The summed E-state index contributed by atoms with van der Waals surface area (Å²) >= 11 is 12.9. The molecule has 1 unspecified atom stereocenters. The Balaban J connectivity index is 2.50. The van der Waals surface area contributed by atoms with Crippen LogP contribution in [0, 0.1) is 6.92 Å². The van der Waals surface area contributed by atoms with E-state index >= 15 is 0 Å². The molecule has 0 radical (unpaired) electrons. The van der Waals surface area contributed by atoms with E-state index in [0.717, 1.165) is 8.95 Å². The van der Waals surface area contributed by atoms with Gasteiger partial charge in [0.1, 0.15) is 0 Å². The topological polar surface area (TPSA) is 0 Å². The average Bonchev–Trinajstić information content (AvgIpc) is 2.42. The van der Waals surface area contributed by atoms with E-state index in [4.69, 9.17) is 0 Å². The van der Waals surface area contributed by atoms with E-state index in [9.17, 15) is 0 Å². The van der Waals surface area contributed by atoms with Gasteiger partial charge in [-0.25, -0.2) is 0 Å². The molecule has 0 aliphatic heterocycles. The van der Waals surface area contributed by atoms with E-state index in [1.54, 1.807) is 11.8 Å². The Labute approximate surface area is 143 Å². The van der Waals surface area contributed by atoms with Crippen LogP contribution in [0.1, 0.15) is 21.5 Å². The van der Waals surface area contributed by atoms with Crippen molar-refractivity contribution in [2.24, 2.45) is 0 Å². The summed E-state index contributed by atoms with van der Waals surface area (Å²) in [6.07, 6.45) is 2.11. The number of rotatable bonds is 3. The zero-order valence-corrected chi connectivity index (χ0v) is 16.2. The van der Waals surface area contributed by atoms with Gasteiger partial charge in [-0.3, -0.25) is 0 Å². The summed E-state index contributed by atoms with van der Waals surface area (Å²) < 4.78 is 2.27. The molecule has 0 bridgehead atoms. The highest BCUT2D eigenvalue weighted by atomic mass is 79.9. The molecule has 0 aliphatic carbocycles. The predicted molar refractivity (Wildman–Crippen MR) is 95.6 cm³/mol. The summed E-state index contributed by atoms with van der Waals surface area (Å²) in [6, 6.07) is 12.8. The molecule has 2 rings (SSSR count). The minimum atomic E-state index is 0.183. The third-order valence-corrected chi connectivity index (χ3v) is 6.30. The van der Waals surface area contributed by atoms with Crippen LogP contribution in [0.15, 0.2) is 50.2 Å². The fourth-order valence-electron chi connectivity index (χ4n) is 1.90. The lowest BCUT2D eigenvalue weighted by Gasteiger charge is -2.17. The first-order chi connectivity index (χ1) is 9.04. The minimum Gasteiger partial charge on any atom is -0.129 e. The standard InChI is InChI=1S/C15H13Br3S/c1-9-7-13(17)11(8-12(9)16)15(18)10-5-3-4-6-14(10)19-2/h3-8,15H,1-2H3. The van der Waals surface area contributed by atoms with Gasteiger partial charge >= 0.3 is 0 Å². The summed E-state index contributed by atoms with van der Waals surface area (Å²) in [7, 11) is 0. The Morgan fingerprint density at radius 1 is 1.00 bits per heavy atom. The molecule has 0 saturated heterocycles. The van der Waals surface area contributed by atoms with Gasteiger partial charge in [0.25, 0.3) is 0 Å². The average molecular weight is 465 g/mol. The molecule has 0 N–H and O–H groups in total. The Morgan fingerprint density at radius 2 is 1.68 bits per heavy atom. The Bertz CT molecular complexity index is 596. The molecule has 1 atom stereocenters. The van der Waals surface area contributed by atoms with E-state index in [-0.39, 0.29) is 4.83 Å². The van der Waals surface area contributed by atoms with Gasteiger partial charge in [-0.2, -0.15) is 0 Å². The van der Waals surface area contributed by atoms with Crippen molar-refractivity contribution < 1.29 is 0 Å². The molecule has 2 aromatic rings. The quantitative estimate of drug-likeness (QED) is 0.358. The summed E-state index contributed by atoms with van der Waals surface area (Å²) in [4.78, 5) is 1.48. The van der Waals surface area contributed by atoms with Crippen LogP contribution in [0.3, 0.4) is 0 Å². The zero-order valence-electron chi connectivity index (χ0n) is 10.6. The zero-order chi connectivity index (χ0) is 14.0. The molecule has 0 aliphatic rings. The molecule has 0 fully saturated rings. The number of aryl methyl sites for hydroxylation is 1. The number of hydrogen-bond donors (Lipinski definition) is 0. The van der Waals surface area contributed by atoms with Crippen LogP contribution >= 0.6 is 59.6 Å². The molecule has 0 spiro atoms. The Hall–Kier alpha value is 0.230. The van der Waals surface area contributed by atoms with Gasteiger partial charge in [0.2, 0.25) is 0 Å². The third kappa shape index (κ3) is 3.46. The maximum atomic E-state index is 3.83. The molecule has 0 saturated carbocycles. The van der Waals surface area contributed by atoms with E-state index in [1.807, 2.05) is 0 Å². The number of alkyl halides is 1. The van der Waals surface area contributed by atoms with Crippen molar-refractivity contribution in [1.29, 1.82) is 0 Å². The van der Waals surface area contributed by atoms with Crippen LogP contribution in [0.4, 0.5) is 0 Å². The monoisotopic (exact) mass is 462 g/mol. The van der Waals surface area contributed by atoms with Crippen molar-refractivity contribution in [3.8, 4) is 0 Å². The molecule has 0 amide bonds. The highest BCUT2D eigenvalue weighted by molar-refractivity contribution is 9.11. The maximum Gasteiger partial charge on any atom is 0.0666 e. The van der Waals surface area contributed by atoms with Crippen LogP contribution in [0.25, 0.3) is 0 Å². The number of benzene rings is 2. The van der Waals surface area contributed by atoms with E-state index < -0.39 is 0 Å². The molecular weight excluding hydrogens is 452 g/mol. The predicted octanol–water partition coefficient (Wildman–Crippen LogP) is 6.73. The highest BCUT2D eigenvalue weighted by Gasteiger charge is 2.17. The highest BCUT2D eigenvalue weighted by Crippen LogP contribution is 2.40. The molecule has 100 valence electrons. The normalized spacial score (nSPS) is 12.5.